The predicted octanol–water partition coefficient (Wildman–Crippen LogP) is 4.32. The lowest BCUT2D eigenvalue weighted by Gasteiger charge is -2.31. The molecule has 0 aromatic heterocycles. The minimum atomic E-state index is -0.401. The maximum absolute atomic E-state index is 13.2. The minimum absolute atomic E-state index is 0.0831. The van der Waals surface area contributed by atoms with E-state index < -0.39 is 5.92 Å². The van der Waals surface area contributed by atoms with Crippen molar-refractivity contribution in [2.45, 2.75) is 33.7 Å². The molecule has 2 aromatic rings. The number of carbonyl (C=O) groups excluding carboxylic acids is 2. The van der Waals surface area contributed by atoms with Gasteiger partial charge in [0, 0.05) is 12.1 Å². The molecular formula is C22H27NO3. The zero-order chi connectivity index (χ0) is 19.3. The average molecular weight is 353 g/mol. The summed E-state index contributed by atoms with van der Waals surface area (Å²) >= 11 is 0. The van der Waals surface area contributed by atoms with Gasteiger partial charge in [0.15, 0.2) is 0 Å². The first-order valence-corrected chi connectivity index (χ1v) is 8.86. The molecule has 0 fully saturated rings. The summed E-state index contributed by atoms with van der Waals surface area (Å²) in [6, 6.07) is 15.4. The Morgan fingerprint density at radius 1 is 1.00 bits per heavy atom. The number of benzene rings is 2. The first-order valence-electron chi connectivity index (χ1n) is 8.86. The highest BCUT2D eigenvalue weighted by molar-refractivity contribution is 5.95. The van der Waals surface area contributed by atoms with Crippen molar-refractivity contribution in [3.8, 4) is 0 Å². The third kappa shape index (κ3) is 4.51. The molecule has 0 aliphatic carbocycles. The zero-order valence-electron chi connectivity index (χ0n) is 16.2. The van der Waals surface area contributed by atoms with E-state index in [2.05, 4.69) is 0 Å². The van der Waals surface area contributed by atoms with Crippen LogP contribution in [0.2, 0.25) is 0 Å². The van der Waals surface area contributed by atoms with Crippen LogP contribution in [0.15, 0.2) is 48.5 Å². The minimum Gasteiger partial charge on any atom is -0.469 e. The standard InChI is InChI=1S/C22H27NO3/c1-15-11-12-20(13-16(15)2)21(24)23(14-17(3)22(25)26-5)18(4)19-9-7-6-8-10-19/h6-13,17-18H,14H2,1-5H3. The average Bonchev–Trinajstić information content (AvgIpc) is 2.67. The topological polar surface area (TPSA) is 46.6 Å². The van der Waals surface area contributed by atoms with Gasteiger partial charge >= 0.3 is 5.97 Å². The molecule has 4 nitrogen and oxygen atoms in total. The summed E-state index contributed by atoms with van der Waals surface area (Å²) < 4.78 is 4.84. The van der Waals surface area contributed by atoms with E-state index in [1.54, 1.807) is 11.8 Å². The molecule has 0 aliphatic rings. The highest BCUT2D eigenvalue weighted by atomic mass is 16.5. The van der Waals surface area contributed by atoms with Crippen molar-refractivity contribution in [1.29, 1.82) is 0 Å². The summed E-state index contributed by atoms with van der Waals surface area (Å²) in [7, 11) is 1.37. The summed E-state index contributed by atoms with van der Waals surface area (Å²) in [4.78, 5) is 26.9. The number of amides is 1. The molecule has 138 valence electrons. The number of rotatable bonds is 6. The van der Waals surface area contributed by atoms with Gasteiger partial charge < -0.3 is 9.64 Å². The third-order valence-electron chi connectivity index (χ3n) is 4.84. The maximum atomic E-state index is 13.2. The van der Waals surface area contributed by atoms with E-state index in [1.807, 2.05) is 69.3 Å². The van der Waals surface area contributed by atoms with Gasteiger partial charge in [-0.1, -0.05) is 43.3 Å². The van der Waals surface area contributed by atoms with Gasteiger partial charge in [-0.2, -0.15) is 0 Å². The number of esters is 1. The second-order valence-electron chi connectivity index (χ2n) is 6.77. The molecular weight excluding hydrogens is 326 g/mol. The number of ether oxygens (including phenoxy) is 1. The van der Waals surface area contributed by atoms with Crippen LogP contribution in [0.1, 0.15) is 46.9 Å². The Morgan fingerprint density at radius 3 is 2.23 bits per heavy atom. The van der Waals surface area contributed by atoms with Gasteiger partial charge in [0.2, 0.25) is 0 Å². The van der Waals surface area contributed by atoms with Crippen LogP contribution in [-0.4, -0.2) is 30.4 Å². The Morgan fingerprint density at radius 2 is 1.65 bits per heavy atom. The molecule has 0 aliphatic heterocycles. The highest BCUT2D eigenvalue weighted by Crippen LogP contribution is 2.24. The second-order valence-corrected chi connectivity index (χ2v) is 6.77. The van der Waals surface area contributed by atoms with Gasteiger partial charge in [0.05, 0.1) is 19.1 Å². The lowest BCUT2D eigenvalue weighted by atomic mass is 10.0. The van der Waals surface area contributed by atoms with Gasteiger partial charge in [-0.25, -0.2) is 0 Å². The Bertz CT molecular complexity index is 770. The number of hydrogen-bond donors (Lipinski definition) is 0. The van der Waals surface area contributed by atoms with Crippen LogP contribution < -0.4 is 0 Å². The van der Waals surface area contributed by atoms with Crippen LogP contribution in [0, 0.1) is 19.8 Å². The molecule has 4 heteroatoms. The number of carbonyl (C=O) groups is 2. The number of nitrogens with zero attached hydrogens (tertiary/aromatic N) is 1. The molecule has 2 rings (SSSR count). The largest absolute Gasteiger partial charge is 0.469 e. The molecule has 0 spiro atoms. The number of methoxy groups -OCH3 is 1. The predicted molar refractivity (Wildman–Crippen MR) is 103 cm³/mol. The fourth-order valence-electron chi connectivity index (χ4n) is 2.94. The van der Waals surface area contributed by atoms with Crippen molar-refractivity contribution >= 4 is 11.9 Å². The third-order valence-corrected chi connectivity index (χ3v) is 4.84. The molecule has 2 atom stereocenters. The summed E-state index contributed by atoms with van der Waals surface area (Å²) in [5.41, 5.74) is 3.88. The van der Waals surface area contributed by atoms with Crippen LogP contribution in [0.3, 0.4) is 0 Å². The number of aryl methyl sites for hydroxylation is 2. The van der Waals surface area contributed by atoms with Gasteiger partial charge in [0.1, 0.15) is 0 Å². The lowest BCUT2D eigenvalue weighted by molar-refractivity contribution is -0.145. The number of hydrogen-bond acceptors (Lipinski definition) is 3. The molecule has 0 radical (unpaired) electrons. The van der Waals surface area contributed by atoms with Gasteiger partial charge in [-0.05, 0) is 49.6 Å². The second kappa shape index (κ2) is 8.65. The fourth-order valence-corrected chi connectivity index (χ4v) is 2.94. The van der Waals surface area contributed by atoms with Crippen molar-refractivity contribution in [1.82, 2.24) is 4.90 Å². The van der Waals surface area contributed by atoms with E-state index in [0.29, 0.717) is 12.1 Å². The molecule has 2 unspecified atom stereocenters. The van der Waals surface area contributed by atoms with Gasteiger partial charge in [-0.3, -0.25) is 9.59 Å². The molecule has 0 bridgehead atoms. The molecule has 1 amide bonds. The van der Waals surface area contributed by atoms with Crippen LogP contribution in [0.25, 0.3) is 0 Å². The fraction of sp³-hybridized carbons (Fsp3) is 0.364. The van der Waals surface area contributed by atoms with Crippen molar-refractivity contribution in [2.24, 2.45) is 5.92 Å². The van der Waals surface area contributed by atoms with E-state index in [4.69, 9.17) is 4.74 Å². The lowest BCUT2D eigenvalue weighted by Crippen LogP contribution is -2.39. The summed E-state index contributed by atoms with van der Waals surface area (Å²) in [6.45, 7) is 8.08. The molecule has 2 aromatic carbocycles. The van der Waals surface area contributed by atoms with Gasteiger partial charge in [0.25, 0.3) is 5.91 Å². The Balaban J connectivity index is 2.36. The first kappa shape index (κ1) is 19.7. The maximum Gasteiger partial charge on any atom is 0.310 e. The van der Waals surface area contributed by atoms with Gasteiger partial charge in [-0.15, -0.1) is 0 Å². The summed E-state index contributed by atoms with van der Waals surface area (Å²) in [5, 5.41) is 0. The smallest absolute Gasteiger partial charge is 0.310 e. The Kier molecular flexibility index (Phi) is 6.56. The zero-order valence-corrected chi connectivity index (χ0v) is 16.2. The van der Waals surface area contributed by atoms with E-state index >= 15 is 0 Å². The van der Waals surface area contributed by atoms with E-state index in [-0.39, 0.29) is 17.9 Å². The quantitative estimate of drug-likeness (QED) is 0.727. The van der Waals surface area contributed by atoms with E-state index in [0.717, 1.165) is 16.7 Å². The van der Waals surface area contributed by atoms with Crippen molar-refractivity contribution in [2.75, 3.05) is 13.7 Å². The van der Waals surface area contributed by atoms with Crippen LogP contribution in [0.5, 0.6) is 0 Å². The molecule has 0 heterocycles. The summed E-state index contributed by atoms with van der Waals surface area (Å²) in [5.74, 6) is -0.801. The summed E-state index contributed by atoms with van der Waals surface area (Å²) in [6.07, 6.45) is 0. The van der Waals surface area contributed by atoms with Crippen LogP contribution >= 0.6 is 0 Å². The molecule has 0 N–H and O–H groups in total. The molecule has 0 saturated carbocycles. The Hall–Kier alpha value is -2.62. The molecule has 0 saturated heterocycles. The first-order chi connectivity index (χ1) is 12.3. The van der Waals surface area contributed by atoms with Crippen molar-refractivity contribution < 1.29 is 14.3 Å². The van der Waals surface area contributed by atoms with Crippen molar-refractivity contribution in [3.05, 3.63) is 70.8 Å². The van der Waals surface area contributed by atoms with Crippen molar-refractivity contribution in [3.63, 3.8) is 0 Å². The van der Waals surface area contributed by atoms with E-state index in [9.17, 15) is 9.59 Å². The van der Waals surface area contributed by atoms with Crippen LogP contribution in [-0.2, 0) is 9.53 Å². The molecule has 26 heavy (non-hydrogen) atoms. The van der Waals surface area contributed by atoms with E-state index in [1.165, 1.54) is 7.11 Å². The normalized spacial score (nSPS) is 13.0. The van der Waals surface area contributed by atoms with Crippen LogP contribution in [0.4, 0.5) is 0 Å². The SMILES string of the molecule is COC(=O)C(C)CN(C(=O)c1ccc(C)c(C)c1)C(C)c1ccccc1. The monoisotopic (exact) mass is 353 g/mol. The highest BCUT2D eigenvalue weighted by Gasteiger charge is 2.27. The Labute approximate surface area is 155 Å².